The third kappa shape index (κ3) is 5.11. The fraction of sp³-hybridized carbons (Fsp3) is 0.294. The number of nitrogens with one attached hydrogen (secondary N) is 1. The van der Waals surface area contributed by atoms with Crippen molar-refractivity contribution in [3.63, 3.8) is 0 Å². The molecule has 124 valence electrons. The van der Waals surface area contributed by atoms with Gasteiger partial charge in [-0.3, -0.25) is 0 Å². The molecule has 6 heteroatoms. The van der Waals surface area contributed by atoms with Gasteiger partial charge in [0.25, 0.3) is 0 Å². The summed E-state index contributed by atoms with van der Waals surface area (Å²) in [7, 11) is -3.62. The van der Waals surface area contributed by atoms with Gasteiger partial charge in [-0.05, 0) is 41.3 Å². The van der Waals surface area contributed by atoms with Crippen molar-refractivity contribution < 1.29 is 17.2 Å². The number of hydrogen-bond acceptors (Lipinski definition) is 2. The van der Waals surface area contributed by atoms with Crippen molar-refractivity contribution in [2.75, 3.05) is 0 Å². The van der Waals surface area contributed by atoms with E-state index in [9.17, 15) is 17.2 Å². The number of sulfonamides is 1. The average Bonchev–Trinajstić information content (AvgIpc) is 2.48. The van der Waals surface area contributed by atoms with Gasteiger partial charge in [0.1, 0.15) is 11.6 Å². The molecule has 0 spiro atoms. The second-order valence-electron chi connectivity index (χ2n) is 5.78. The van der Waals surface area contributed by atoms with Gasteiger partial charge in [0.15, 0.2) is 0 Å². The second-order valence-corrected chi connectivity index (χ2v) is 7.53. The molecular formula is C17H19F2NO2S. The van der Waals surface area contributed by atoms with E-state index in [1.165, 1.54) is 36.4 Å². The molecule has 1 N–H and O–H groups in total. The van der Waals surface area contributed by atoms with Gasteiger partial charge in [-0.1, -0.05) is 38.1 Å². The second kappa shape index (κ2) is 7.19. The van der Waals surface area contributed by atoms with Crippen LogP contribution in [0.2, 0.25) is 0 Å². The van der Waals surface area contributed by atoms with Gasteiger partial charge in [0, 0.05) is 6.04 Å². The molecule has 0 radical (unpaired) electrons. The lowest BCUT2D eigenvalue weighted by molar-refractivity contribution is 0.462. The molecule has 0 aromatic heterocycles. The Morgan fingerprint density at radius 1 is 0.913 bits per heavy atom. The quantitative estimate of drug-likeness (QED) is 0.870. The van der Waals surface area contributed by atoms with Crippen LogP contribution in [0.4, 0.5) is 8.78 Å². The zero-order valence-corrected chi connectivity index (χ0v) is 13.8. The van der Waals surface area contributed by atoms with E-state index in [0.717, 1.165) is 0 Å². The fourth-order valence-corrected chi connectivity index (χ4v) is 3.80. The Labute approximate surface area is 135 Å². The van der Waals surface area contributed by atoms with E-state index in [4.69, 9.17) is 0 Å². The molecule has 0 saturated heterocycles. The van der Waals surface area contributed by atoms with Crippen molar-refractivity contribution in [2.24, 2.45) is 5.92 Å². The molecule has 0 aliphatic rings. The topological polar surface area (TPSA) is 46.2 Å². The van der Waals surface area contributed by atoms with Crippen LogP contribution in [0, 0.1) is 17.6 Å². The van der Waals surface area contributed by atoms with Crippen molar-refractivity contribution in [2.45, 2.75) is 25.6 Å². The lowest BCUT2D eigenvalue weighted by atomic mass is 9.97. The number of halogens is 2. The summed E-state index contributed by atoms with van der Waals surface area (Å²) in [6.45, 7) is 3.77. The van der Waals surface area contributed by atoms with E-state index < -0.39 is 21.9 Å². The first-order valence-electron chi connectivity index (χ1n) is 7.27. The maximum atomic E-state index is 13.0. The molecule has 0 aliphatic carbocycles. The lowest BCUT2D eigenvalue weighted by Gasteiger charge is -2.23. The van der Waals surface area contributed by atoms with Crippen molar-refractivity contribution >= 4 is 10.0 Å². The Morgan fingerprint density at radius 2 is 1.39 bits per heavy atom. The zero-order chi connectivity index (χ0) is 17.0. The predicted molar refractivity (Wildman–Crippen MR) is 86.1 cm³/mol. The van der Waals surface area contributed by atoms with E-state index in [1.807, 2.05) is 13.8 Å². The van der Waals surface area contributed by atoms with E-state index in [-0.39, 0.29) is 17.5 Å². The Morgan fingerprint density at radius 3 is 1.87 bits per heavy atom. The monoisotopic (exact) mass is 339 g/mol. The first-order chi connectivity index (χ1) is 10.8. The highest BCUT2D eigenvalue weighted by molar-refractivity contribution is 7.88. The molecule has 0 saturated carbocycles. The van der Waals surface area contributed by atoms with Crippen LogP contribution < -0.4 is 4.72 Å². The summed E-state index contributed by atoms with van der Waals surface area (Å²) in [5.41, 5.74) is 1.20. The minimum Gasteiger partial charge on any atom is -0.212 e. The molecule has 0 bridgehead atoms. The number of hydrogen-bond donors (Lipinski definition) is 1. The molecule has 2 rings (SSSR count). The Balaban J connectivity index is 2.18. The highest BCUT2D eigenvalue weighted by Crippen LogP contribution is 2.23. The summed E-state index contributed by atoms with van der Waals surface area (Å²) in [4.78, 5) is 0. The molecule has 1 atom stereocenters. The molecule has 2 aromatic rings. The summed E-state index contributed by atoms with van der Waals surface area (Å²) >= 11 is 0. The standard InChI is InChI=1S/C17H19F2NO2S/c1-12(2)17(14-5-9-16(19)10-6-14)20-23(21,22)11-13-3-7-15(18)8-4-13/h3-10,12,17,20H,11H2,1-2H3/t17-/m1/s1. The minimum absolute atomic E-state index is 0.0107. The summed E-state index contributed by atoms with van der Waals surface area (Å²) in [6, 6.07) is 10.6. The number of rotatable bonds is 6. The first-order valence-corrected chi connectivity index (χ1v) is 8.92. The summed E-state index contributed by atoms with van der Waals surface area (Å²) in [5.74, 6) is -1.03. The highest BCUT2D eigenvalue weighted by Gasteiger charge is 2.22. The Bertz CT molecular complexity index is 741. The van der Waals surface area contributed by atoms with Gasteiger partial charge in [-0.15, -0.1) is 0 Å². The van der Waals surface area contributed by atoms with Gasteiger partial charge in [0.2, 0.25) is 10.0 Å². The van der Waals surface area contributed by atoms with Crippen LogP contribution in [-0.2, 0) is 15.8 Å². The molecule has 0 heterocycles. The molecule has 23 heavy (non-hydrogen) atoms. The van der Waals surface area contributed by atoms with Crippen molar-refractivity contribution in [3.8, 4) is 0 Å². The normalized spacial score (nSPS) is 13.3. The van der Waals surface area contributed by atoms with Crippen molar-refractivity contribution in [1.82, 2.24) is 4.72 Å². The average molecular weight is 339 g/mol. The molecular weight excluding hydrogens is 320 g/mol. The Hall–Kier alpha value is -1.79. The van der Waals surface area contributed by atoms with Crippen molar-refractivity contribution in [1.29, 1.82) is 0 Å². The lowest BCUT2D eigenvalue weighted by Crippen LogP contribution is -2.32. The fourth-order valence-electron chi connectivity index (χ4n) is 2.29. The zero-order valence-electron chi connectivity index (χ0n) is 13.0. The first kappa shape index (κ1) is 17.6. The molecule has 2 aromatic carbocycles. The van der Waals surface area contributed by atoms with Gasteiger partial charge in [0.05, 0.1) is 5.75 Å². The molecule has 0 aliphatic heterocycles. The number of benzene rings is 2. The smallest absolute Gasteiger partial charge is 0.212 e. The predicted octanol–water partition coefficient (Wildman–Crippen LogP) is 3.78. The maximum Gasteiger partial charge on any atom is 0.216 e. The largest absolute Gasteiger partial charge is 0.216 e. The maximum absolute atomic E-state index is 13.0. The molecule has 0 fully saturated rings. The van der Waals surface area contributed by atoms with E-state index in [2.05, 4.69) is 4.72 Å². The van der Waals surface area contributed by atoms with Crippen LogP contribution >= 0.6 is 0 Å². The highest BCUT2D eigenvalue weighted by atomic mass is 32.2. The van der Waals surface area contributed by atoms with Crippen LogP contribution in [0.3, 0.4) is 0 Å². The molecule has 0 amide bonds. The summed E-state index contributed by atoms with van der Waals surface area (Å²) in [6.07, 6.45) is 0. The van der Waals surface area contributed by atoms with E-state index in [0.29, 0.717) is 11.1 Å². The molecule has 0 unspecified atom stereocenters. The van der Waals surface area contributed by atoms with Crippen LogP contribution in [0.15, 0.2) is 48.5 Å². The van der Waals surface area contributed by atoms with Crippen LogP contribution in [0.5, 0.6) is 0 Å². The van der Waals surface area contributed by atoms with Crippen molar-refractivity contribution in [3.05, 3.63) is 71.3 Å². The van der Waals surface area contributed by atoms with Gasteiger partial charge in [-0.25, -0.2) is 21.9 Å². The molecule has 3 nitrogen and oxygen atoms in total. The summed E-state index contributed by atoms with van der Waals surface area (Å²) in [5, 5.41) is 0. The van der Waals surface area contributed by atoms with Gasteiger partial charge in [-0.2, -0.15) is 0 Å². The minimum atomic E-state index is -3.62. The van der Waals surface area contributed by atoms with E-state index in [1.54, 1.807) is 12.1 Å². The van der Waals surface area contributed by atoms with Gasteiger partial charge < -0.3 is 0 Å². The van der Waals surface area contributed by atoms with Crippen LogP contribution in [0.25, 0.3) is 0 Å². The van der Waals surface area contributed by atoms with Gasteiger partial charge >= 0.3 is 0 Å². The third-order valence-corrected chi connectivity index (χ3v) is 4.80. The Kier molecular flexibility index (Phi) is 5.49. The third-order valence-electron chi connectivity index (χ3n) is 3.47. The van der Waals surface area contributed by atoms with E-state index >= 15 is 0 Å². The van der Waals surface area contributed by atoms with Crippen LogP contribution in [-0.4, -0.2) is 8.42 Å². The summed E-state index contributed by atoms with van der Waals surface area (Å²) < 4.78 is 53.3. The van der Waals surface area contributed by atoms with Crippen LogP contribution in [0.1, 0.15) is 31.0 Å². The SMILES string of the molecule is CC(C)[C@@H](NS(=O)(=O)Cc1ccc(F)cc1)c1ccc(F)cc1.